The van der Waals surface area contributed by atoms with Crippen LogP contribution >= 0.6 is 0 Å². The average Bonchev–Trinajstić information content (AvgIpc) is 3.32. The summed E-state index contributed by atoms with van der Waals surface area (Å²) in [5.41, 5.74) is 2.75. The largest absolute Gasteiger partial charge is 0.497 e. The molecule has 0 saturated carbocycles. The highest BCUT2D eigenvalue weighted by molar-refractivity contribution is 5.82. The predicted octanol–water partition coefficient (Wildman–Crippen LogP) is 4.90. The van der Waals surface area contributed by atoms with Crippen LogP contribution in [-0.2, 0) is 16.1 Å². The zero-order valence-corrected chi connectivity index (χ0v) is 20.5. The highest BCUT2D eigenvalue weighted by atomic mass is 19.4. The molecule has 196 valence electrons. The second kappa shape index (κ2) is 10.5. The number of alkyl halides is 3. The van der Waals surface area contributed by atoms with Gasteiger partial charge in [-0.1, -0.05) is 45.0 Å². The van der Waals surface area contributed by atoms with Gasteiger partial charge in [0.2, 0.25) is 5.91 Å². The molecule has 2 aromatic rings. The molecule has 0 radical (unpaired) electrons. The van der Waals surface area contributed by atoms with Crippen LogP contribution in [-0.4, -0.2) is 48.3 Å². The second-order valence-corrected chi connectivity index (χ2v) is 10.1. The number of carbonyl (C=O) groups excluding carboxylic acids is 1. The number of ether oxygens (including phenoxy) is 1. The zero-order valence-electron chi connectivity index (χ0n) is 20.5. The Kier molecular flexibility index (Phi) is 7.97. The Bertz CT molecular complexity index is 1110. The van der Waals surface area contributed by atoms with Crippen molar-refractivity contribution in [2.24, 2.45) is 11.3 Å². The van der Waals surface area contributed by atoms with Crippen molar-refractivity contribution in [3.63, 3.8) is 0 Å². The molecule has 1 fully saturated rings. The van der Waals surface area contributed by atoms with E-state index in [4.69, 9.17) is 14.6 Å². The molecule has 10 heteroatoms. The van der Waals surface area contributed by atoms with Gasteiger partial charge in [-0.2, -0.15) is 13.2 Å². The summed E-state index contributed by atoms with van der Waals surface area (Å²) < 4.78 is 51.3. The molecule has 0 spiro atoms. The number of amides is 1. The molecule has 1 saturated heterocycles. The number of nitrogens with zero attached hydrogens (tertiary/aromatic N) is 1. The van der Waals surface area contributed by atoms with Crippen LogP contribution in [0.3, 0.4) is 0 Å². The van der Waals surface area contributed by atoms with Gasteiger partial charge in [0, 0.05) is 42.4 Å². The molecule has 2 aliphatic rings. The van der Waals surface area contributed by atoms with E-state index in [0.29, 0.717) is 29.7 Å². The summed E-state index contributed by atoms with van der Waals surface area (Å²) in [4.78, 5) is 23.9. The molecule has 1 aliphatic heterocycles. The highest BCUT2D eigenvalue weighted by Gasteiger charge is 2.47. The molecule has 1 heterocycles. The SMILES string of the molecule is COc1ccc(F)c(CN2C[C@@H]3[C@H](NC(=O)C(C)(C)C)c4ccccc4[C@@H]3C2)c1.O=C(O)C(F)(F)F. The van der Waals surface area contributed by atoms with E-state index < -0.39 is 17.6 Å². The van der Waals surface area contributed by atoms with Crippen molar-refractivity contribution in [1.29, 1.82) is 0 Å². The number of fused-ring (bicyclic) bond motifs is 3. The van der Waals surface area contributed by atoms with Gasteiger partial charge in [0.1, 0.15) is 11.6 Å². The van der Waals surface area contributed by atoms with E-state index in [1.54, 1.807) is 19.2 Å². The van der Waals surface area contributed by atoms with Crippen LogP contribution in [0.5, 0.6) is 5.75 Å². The number of methoxy groups -OCH3 is 1. The van der Waals surface area contributed by atoms with E-state index in [1.165, 1.54) is 17.2 Å². The van der Waals surface area contributed by atoms with Gasteiger partial charge in [0.05, 0.1) is 13.2 Å². The van der Waals surface area contributed by atoms with E-state index in [2.05, 4.69) is 28.4 Å². The summed E-state index contributed by atoms with van der Waals surface area (Å²) in [6.07, 6.45) is -5.08. The maximum absolute atomic E-state index is 14.3. The fourth-order valence-electron chi connectivity index (χ4n) is 4.65. The fourth-order valence-corrected chi connectivity index (χ4v) is 4.65. The Morgan fingerprint density at radius 1 is 1.08 bits per heavy atom. The smallest absolute Gasteiger partial charge is 0.490 e. The minimum Gasteiger partial charge on any atom is -0.497 e. The summed E-state index contributed by atoms with van der Waals surface area (Å²) in [6.45, 7) is 8.04. The molecule has 1 amide bonds. The maximum Gasteiger partial charge on any atom is 0.490 e. The lowest BCUT2D eigenvalue weighted by molar-refractivity contribution is -0.192. The molecule has 1 aliphatic carbocycles. The number of hydrogen-bond donors (Lipinski definition) is 2. The van der Waals surface area contributed by atoms with Crippen LogP contribution in [0.2, 0.25) is 0 Å². The van der Waals surface area contributed by atoms with E-state index in [9.17, 15) is 22.4 Å². The van der Waals surface area contributed by atoms with Crippen LogP contribution in [0, 0.1) is 17.2 Å². The Morgan fingerprint density at radius 3 is 2.25 bits per heavy atom. The normalized spacial score (nSPS) is 21.2. The van der Waals surface area contributed by atoms with Crippen molar-refractivity contribution in [3.8, 4) is 5.75 Å². The quantitative estimate of drug-likeness (QED) is 0.572. The van der Waals surface area contributed by atoms with Gasteiger partial charge in [-0.15, -0.1) is 0 Å². The molecule has 6 nitrogen and oxygen atoms in total. The van der Waals surface area contributed by atoms with Gasteiger partial charge in [-0.25, -0.2) is 9.18 Å². The first-order chi connectivity index (χ1) is 16.7. The Balaban J connectivity index is 0.000000454. The first-order valence-electron chi connectivity index (χ1n) is 11.5. The number of benzene rings is 2. The monoisotopic (exact) mass is 510 g/mol. The maximum atomic E-state index is 14.3. The third-order valence-corrected chi connectivity index (χ3v) is 6.46. The van der Waals surface area contributed by atoms with E-state index >= 15 is 0 Å². The minimum absolute atomic E-state index is 0.00285. The number of rotatable bonds is 4. The van der Waals surface area contributed by atoms with Crippen LogP contribution in [0.1, 0.15) is 49.4 Å². The molecular formula is C26H30F4N2O4. The topological polar surface area (TPSA) is 78.9 Å². The van der Waals surface area contributed by atoms with Gasteiger partial charge in [-0.05, 0) is 29.3 Å². The first-order valence-corrected chi connectivity index (χ1v) is 11.5. The highest BCUT2D eigenvalue weighted by Crippen LogP contribution is 2.49. The molecule has 36 heavy (non-hydrogen) atoms. The number of aliphatic carboxylic acids is 1. The standard InChI is InChI=1S/C24H29FN2O2.C2HF3O2/c1-24(2,3)23(28)26-22-18-8-6-5-7-17(18)19-13-27(14-20(19)22)12-15-11-16(29-4)9-10-21(15)25;3-2(4,5)1(6)7/h5-11,19-20,22H,12-14H2,1-4H3,(H,26,28);(H,6,7)/t19-,20-,22+;/m0./s1. The predicted molar refractivity (Wildman–Crippen MR) is 125 cm³/mol. The number of nitrogens with one attached hydrogen (secondary N) is 1. The number of halogens is 4. The van der Waals surface area contributed by atoms with Gasteiger partial charge in [0.25, 0.3) is 0 Å². The summed E-state index contributed by atoms with van der Waals surface area (Å²) in [5, 5.41) is 10.4. The lowest BCUT2D eigenvalue weighted by Gasteiger charge is -2.27. The van der Waals surface area contributed by atoms with Crippen LogP contribution in [0.4, 0.5) is 17.6 Å². The zero-order chi connectivity index (χ0) is 26.8. The third-order valence-electron chi connectivity index (χ3n) is 6.46. The van der Waals surface area contributed by atoms with Crippen molar-refractivity contribution in [1.82, 2.24) is 10.2 Å². The van der Waals surface area contributed by atoms with Gasteiger partial charge in [0.15, 0.2) is 0 Å². The molecule has 2 aromatic carbocycles. The lowest BCUT2D eigenvalue weighted by Crippen LogP contribution is -2.40. The van der Waals surface area contributed by atoms with Gasteiger partial charge < -0.3 is 15.2 Å². The van der Waals surface area contributed by atoms with E-state index in [1.807, 2.05) is 26.8 Å². The number of likely N-dealkylation sites (tertiary alicyclic amines) is 1. The molecule has 4 rings (SSSR count). The van der Waals surface area contributed by atoms with Crippen LogP contribution in [0.15, 0.2) is 42.5 Å². The summed E-state index contributed by atoms with van der Waals surface area (Å²) in [6, 6.07) is 13.3. The summed E-state index contributed by atoms with van der Waals surface area (Å²) in [7, 11) is 1.59. The van der Waals surface area contributed by atoms with Gasteiger partial charge in [-0.3, -0.25) is 9.69 Å². The number of carbonyl (C=O) groups is 2. The Morgan fingerprint density at radius 2 is 1.69 bits per heavy atom. The number of hydrogen-bond acceptors (Lipinski definition) is 4. The second-order valence-electron chi connectivity index (χ2n) is 10.1. The van der Waals surface area contributed by atoms with Crippen molar-refractivity contribution in [3.05, 3.63) is 65.0 Å². The molecule has 0 bridgehead atoms. The molecule has 0 unspecified atom stereocenters. The van der Waals surface area contributed by atoms with E-state index in [0.717, 1.165) is 13.1 Å². The molecule has 0 aromatic heterocycles. The summed E-state index contributed by atoms with van der Waals surface area (Å²) >= 11 is 0. The minimum atomic E-state index is -5.08. The van der Waals surface area contributed by atoms with E-state index in [-0.39, 0.29) is 17.8 Å². The summed E-state index contributed by atoms with van der Waals surface area (Å²) in [5.74, 6) is -1.58. The fraction of sp³-hybridized carbons (Fsp3) is 0.462. The molecule has 2 N–H and O–H groups in total. The Hall–Kier alpha value is -3.14. The first kappa shape index (κ1) is 27.4. The Labute approximate surface area is 207 Å². The van der Waals surface area contributed by atoms with Crippen LogP contribution in [0.25, 0.3) is 0 Å². The van der Waals surface area contributed by atoms with Crippen LogP contribution < -0.4 is 10.1 Å². The molecular weight excluding hydrogens is 480 g/mol. The van der Waals surface area contributed by atoms with Crippen molar-refractivity contribution < 1.29 is 37.0 Å². The van der Waals surface area contributed by atoms with Crippen molar-refractivity contribution in [2.45, 2.75) is 45.5 Å². The van der Waals surface area contributed by atoms with Gasteiger partial charge >= 0.3 is 12.1 Å². The number of carboxylic acids is 1. The number of carboxylic acid groups (broad SMARTS) is 1. The third kappa shape index (κ3) is 6.16. The van der Waals surface area contributed by atoms with Crippen molar-refractivity contribution >= 4 is 11.9 Å². The van der Waals surface area contributed by atoms with Crippen molar-refractivity contribution in [2.75, 3.05) is 20.2 Å². The molecule has 3 atom stereocenters. The average molecular weight is 511 g/mol. The lowest BCUT2D eigenvalue weighted by atomic mass is 9.91.